The fraction of sp³-hybridized carbons (Fsp3) is 1.00. The van der Waals surface area contributed by atoms with Gasteiger partial charge in [0, 0.05) is 11.0 Å². The molecular weight excluding hydrogens is 302 g/mol. The quantitative estimate of drug-likeness (QED) is 0.250. The van der Waals surface area contributed by atoms with E-state index in [2.05, 4.69) is 4.52 Å². The van der Waals surface area contributed by atoms with Gasteiger partial charge >= 0.3 is 67.4 Å². The summed E-state index contributed by atoms with van der Waals surface area (Å²) in [6.07, 6.45) is -0.765. The summed E-state index contributed by atoms with van der Waals surface area (Å²) in [6.45, 7) is -0.381. The monoisotopic (exact) mass is 314 g/mol. The van der Waals surface area contributed by atoms with Crippen LogP contribution in [0.2, 0.25) is 0 Å². The van der Waals surface area contributed by atoms with E-state index in [1.807, 2.05) is 0 Å². The van der Waals surface area contributed by atoms with Gasteiger partial charge in [0.25, 0.3) is 0 Å². The van der Waals surface area contributed by atoms with Crippen LogP contribution in [0.5, 0.6) is 0 Å². The van der Waals surface area contributed by atoms with Crippen molar-refractivity contribution in [2.75, 3.05) is 6.54 Å². The molecule has 94 valence electrons. The largest absolute Gasteiger partial charge is 1.00 e. The van der Waals surface area contributed by atoms with E-state index in [4.69, 9.17) is 15.7 Å². The molecule has 8 N–H and O–H groups in total. The zero-order valence-corrected chi connectivity index (χ0v) is 15.1. The molecule has 17 heavy (non-hydrogen) atoms. The predicted octanol–water partition coefficient (Wildman–Crippen LogP) is -10.1. The zero-order chi connectivity index (χ0) is 10.7. The van der Waals surface area contributed by atoms with Crippen LogP contribution in [-0.2, 0) is 13.7 Å². The van der Waals surface area contributed by atoms with Crippen molar-refractivity contribution >= 4 is 15.9 Å². The maximum Gasteiger partial charge on any atom is 1.00 e. The normalized spacial score (nSPS) is 13.8. The van der Waals surface area contributed by atoms with E-state index in [-0.39, 0.29) is 76.6 Å². The van der Waals surface area contributed by atoms with Crippen LogP contribution in [0.15, 0.2) is 0 Å². The first-order valence-corrected chi connectivity index (χ1v) is 5.70. The Labute approximate surface area is 142 Å². The molecule has 0 aliphatic carbocycles. The van der Waals surface area contributed by atoms with Crippen molar-refractivity contribution in [3.05, 3.63) is 0 Å². The number of aliphatic hydroxyl groups is 1. The van der Waals surface area contributed by atoms with Crippen LogP contribution in [0.3, 0.4) is 0 Å². The van der Waals surface area contributed by atoms with Crippen LogP contribution in [0.25, 0.3) is 0 Å². The van der Waals surface area contributed by atoms with Crippen molar-refractivity contribution in [2.24, 2.45) is 5.73 Å². The summed E-state index contributed by atoms with van der Waals surface area (Å²) in [5.74, 6) is 0. The molecule has 14 heteroatoms. The van der Waals surface area contributed by atoms with Crippen molar-refractivity contribution in [1.82, 2.24) is 0 Å². The van der Waals surface area contributed by atoms with Gasteiger partial charge in [0.05, 0.1) is 0 Å². The SMILES string of the molecule is NCCC(O)(O[P+](=O)O)P(=O)([O-])[O-].O.O.[Na+].[Na+]. The smallest absolute Gasteiger partial charge is 0.807 e. The van der Waals surface area contributed by atoms with Crippen molar-refractivity contribution in [3.63, 3.8) is 0 Å². The Morgan fingerprint density at radius 3 is 1.88 bits per heavy atom. The first-order valence-electron chi connectivity index (χ1n) is 3.03. The van der Waals surface area contributed by atoms with Crippen molar-refractivity contribution in [3.8, 4) is 0 Å². The summed E-state index contributed by atoms with van der Waals surface area (Å²) in [4.78, 5) is 28.9. The molecule has 0 spiro atoms. The van der Waals surface area contributed by atoms with E-state index < -0.39 is 27.8 Å². The number of nitrogens with two attached hydrogens (primary N) is 1. The Balaban J connectivity index is -0.000000120. The average molecular weight is 314 g/mol. The molecule has 0 saturated carbocycles. The molecule has 0 fully saturated rings. The molecule has 0 aromatic rings. The average Bonchev–Trinajstić information content (AvgIpc) is 1.82. The topological polar surface area (TPSA) is 219 Å². The van der Waals surface area contributed by atoms with Gasteiger partial charge in [-0.15, -0.1) is 4.89 Å². The summed E-state index contributed by atoms with van der Waals surface area (Å²) < 4.78 is 24.1. The van der Waals surface area contributed by atoms with Gasteiger partial charge in [-0.1, -0.05) is 4.52 Å². The third kappa shape index (κ3) is 11.5. The van der Waals surface area contributed by atoms with E-state index in [0.29, 0.717) is 0 Å². The first-order chi connectivity index (χ1) is 5.73. The van der Waals surface area contributed by atoms with E-state index in [9.17, 15) is 18.9 Å². The molecule has 0 aliphatic rings. The molecule has 0 rings (SSSR count). The van der Waals surface area contributed by atoms with Crippen molar-refractivity contribution < 1.29 is 104 Å². The van der Waals surface area contributed by atoms with E-state index >= 15 is 0 Å². The number of hydrogen-bond acceptors (Lipinski definition) is 7. The Kier molecular flexibility index (Phi) is 24.0. The van der Waals surface area contributed by atoms with Gasteiger partial charge in [-0.25, -0.2) is 0 Å². The minimum absolute atomic E-state index is 0. The van der Waals surface area contributed by atoms with Gasteiger partial charge in [-0.2, -0.15) is 0 Å². The second-order valence-electron chi connectivity index (χ2n) is 2.11. The van der Waals surface area contributed by atoms with Gasteiger partial charge in [-0.05, 0) is 14.1 Å². The van der Waals surface area contributed by atoms with Crippen LogP contribution in [0.1, 0.15) is 6.42 Å². The summed E-state index contributed by atoms with van der Waals surface area (Å²) in [6, 6.07) is 0. The minimum Gasteiger partial charge on any atom is -0.807 e. The fourth-order valence-electron chi connectivity index (χ4n) is 0.546. The Morgan fingerprint density at radius 2 is 1.71 bits per heavy atom. The standard InChI is InChI=1S/C3H9NO7P2.2Na.2H2O/c4-2-1-3(5,11-12(6)7)13(8,9)10;;;;/h5H,1-2,4H2,(H2-,6,7,8,9,10);;;2*1H2/q;2*+1;;/p-1. The van der Waals surface area contributed by atoms with E-state index in [0.717, 1.165) is 0 Å². The predicted molar refractivity (Wildman–Crippen MR) is 44.4 cm³/mol. The van der Waals surface area contributed by atoms with Crippen molar-refractivity contribution in [2.45, 2.75) is 11.9 Å². The third-order valence-corrected chi connectivity index (χ3v) is 2.90. The molecule has 0 amide bonds. The van der Waals surface area contributed by atoms with Crippen LogP contribution >= 0.6 is 15.9 Å². The molecule has 2 unspecified atom stereocenters. The van der Waals surface area contributed by atoms with Gasteiger partial charge in [-0.3, -0.25) is 0 Å². The van der Waals surface area contributed by atoms with Crippen LogP contribution in [-0.4, -0.2) is 33.0 Å². The van der Waals surface area contributed by atoms with Crippen molar-refractivity contribution in [1.29, 1.82) is 0 Å². The minimum atomic E-state index is -5.55. The fourth-order valence-corrected chi connectivity index (χ4v) is 1.90. The molecule has 0 aliphatic heterocycles. The van der Waals surface area contributed by atoms with Gasteiger partial charge in [0.2, 0.25) is 5.53 Å². The maximum absolute atomic E-state index is 10.4. The molecular formula is C3H12NNa2O9P2+. The molecule has 0 radical (unpaired) electrons. The summed E-state index contributed by atoms with van der Waals surface area (Å²) in [7, 11) is -8.94. The van der Waals surface area contributed by atoms with Gasteiger partial charge < -0.3 is 36.1 Å². The summed E-state index contributed by atoms with van der Waals surface area (Å²) in [5, 5.41) is 8.98. The molecule has 0 aromatic carbocycles. The summed E-state index contributed by atoms with van der Waals surface area (Å²) >= 11 is 0. The molecule has 0 saturated heterocycles. The van der Waals surface area contributed by atoms with Crippen LogP contribution in [0.4, 0.5) is 0 Å². The zero-order valence-electron chi connectivity index (χ0n) is 9.32. The number of rotatable bonds is 5. The summed E-state index contributed by atoms with van der Waals surface area (Å²) in [5.41, 5.74) is 1.67. The Hall–Kier alpha value is 2.01. The van der Waals surface area contributed by atoms with Crippen LogP contribution in [0, 0.1) is 0 Å². The van der Waals surface area contributed by atoms with E-state index in [1.54, 1.807) is 0 Å². The first kappa shape index (κ1) is 31.4. The second-order valence-corrected chi connectivity index (χ2v) is 4.46. The second kappa shape index (κ2) is 13.0. The maximum atomic E-state index is 10.4. The van der Waals surface area contributed by atoms with Gasteiger partial charge in [0.15, 0.2) is 0 Å². The molecule has 2 atom stereocenters. The molecule has 0 bridgehead atoms. The molecule has 10 nitrogen and oxygen atoms in total. The van der Waals surface area contributed by atoms with Crippen LogP contribution < -0.4 is 74.6 Å². The third-order valence-electron chi connectivity index (χ3n) is 1.12. The molecule has 0 heterocycles. The number of hydrogen-bond donors (Lipinski definition) is 3. The molecule has 0 aromatic heterocycles. The van der Waals surface area contributed by atoms with E-state index in [1.165, 1.54) is 0 Å². The van der Waals surface area contributed by atoms with Gasteiger partial charge in [0.1, 0.15) is 0 Å². The Morgan fingerprint density at radius 1 is 1.35 bits per heavy atom. The Bertz CT molecular complexity index is 248.